The standard InChI is InChI=1S/C13H26N2O/c1-3-12-9-15(6-7-16-12)13(2,10-14)8-11-4-5-11/h11-12H,3-10,14H2,1-2H3. The number of nitrogens with zero attached hydrogens (tertiary/aromatic N) is 1. The van der Waals surface area contributed by atoms with E-state index >= 15 is 0 Å². The summed E-state index contributed by atoms with van der Waals surface area (Å²) in [6.07, 6.45) is 5.63. The van der Waals surface area contributed by atoms with Gasteiger partial charge in [-0.15, -0.1) is 0 Å². The highest BCUT2D eigenvalue weighted by atomic mass is 16.5. The second kappa shape index (κ2) is 5.03. The van der Waals surface area contributed by atoms with Crippen LogP contribution < -0.4 is 5.73 Å². The Morgan fingerprint density at radius 2 is 2.19 bits per heavy atom. The molecule has 1 aliphatic heterocycles. The zero-order chi connectivity index (χ0) is 11.6. The van der Waals surface area contributed by atoms with Crippen LogP contribution in [0.25, 0.3) is 0 Å². The first-order valence-corrected chi connectivity index (χ1v) is 6.74. The number of hydrogen-bond donors (Lipinski definition) is 1. The first-order chi connectivity index (χ1) is 7.68. The quantitative estimate of drug-likeness (QED) is 0.774. The molecule has 2 atom stereocenters. The number of ether oxygens (including phenoxy) is 1. The minimum Gasteiger partial charge on any atom is -0.376 e. The van der Waals surface area contributed by atoms with Gasteiger partial charge in [-0.05, 0) is 25.7 Å². The average Bonchev–Trinajstić information content (AvgIpc) is 3.13. The molecule has 2 unspecified atom stereocenters. The Morgan fingerprint density at radius 1 is 1.44 bits per heavy atom. The van der Waals surface area contributed by atoms with Gasteiger partial charge in [0.2, 0.25) is 0 Å². The molecule has 2 aliphatic rings. The lowest BCUT2D eigenvalue weighted by atomic mass is 9.91. The summed E-state index contributed by atoms with van der Waals surface area (Å²) in [4.78, 5) is 2.57. The first-order valence-electron chi connectivity index (χ1n) is 6.74. The summed E-state index contributed by atoms with van der Waals surface area (Å²) in [6.45, 7) is 8.31. The summed E-state index contributed by atoms with van der Waals surface area (Å²) < 4.78 is 5.74. The predicted octanol–water partition coefficient (Wildman–Crippen LogP) is 1.61. The summed E-state index contributed by atoms with van der Waals surface area (Å²) in [5.41, 5.74) is 6.23. The van der Waals surface area contributed by atoms with E-state index in [1.54, 1.807) is 0 Å². The Balaban J connectivity index is 1.95. The second-order valence-corrected chi connectivity index (χ2v) is 5.70. The topological polar surface area (TPSA) is 38.5 Å². The van der Waals surface area contributed by atoms with E-state index in [9.17, 15) is 0 Å². The van der Waals surface area contributed by atoms with Gasteiger partial charge in [-0.2, -0.15) is 0 Å². The zero-order valence-corrected chi connectivity index (χ0v) is 10.7. The number of rotatable bonds is 5. The van der Waals surface area contributed by atoms with Gasteiger partial charge in [0.25, 0.3) is 0 Å². The Labute approximate surface area is 99.3 Å². The Kier molecular flexibility index (Phi) is 3.88. The van der Waals surface area contributed by atoms with Gasteiger partial charge in [0.05, 0.1) is 12.7 Å². The van der Waals surface area contributed by atoms with E-state index in [0.29, 0.717) is 6.10 Å². The van der Waals surface area contributed by atoms with Gasteiger partial charge in [-0.25, -0.2) is 0 Å². The molecule has 0 aromatic rings. The van der Waals surface area contributed by atoms with Crippen molar-refractivity contribution in [3.05, 3.63) is 0 Å². The van der Waals surface area contributed by atoms with Gasteiger partial charge >= 0.3 is 0 Å². The fraction of sp³-hybridized carbons (Fsp3) is 1.00. The third-order valence-electron chi connectivity index (χ3n) is 4.22. The van der Waals surface area contributed by atoms with Crippen LogP contribution in [0.15, 0.2) is 0 Å². The monoisotopic (exact) mass is 226 g/mol. The highest BCUT2D eigenvalue weighted by Gasteiger charge is 2.38. The van der Waals surface area contributed by atoms with Gasteiger partial charge in [0.1, 0.15) is 0 Å². The highest BCUT2D eigenvalue weighted by Crippen LogP contribution is 2.39. The molecule has 3 nitrogen and oxygen atoms in total. The van der Waals surface area contributed by atoms with E-state index < -0.39 is 0 Å². The van der Waals surface area contributed by atoms with Crippen LogP contribution in [-0.2, 0) is 4.74 Å². The van der Waals surface area contributed by atoms with Crippen molar-refractivity contribution in [3.8, 4) is 0 Å². The van der Waals surface area contributed by atoms with Crippen LogP contribution in [0.4, 0.5) is 0 Å². The maximum Gasteiger partial charge on any atom is 0.0700 e. The lowest BCUT2D eigenvalue weighted by molar-refractivity contribution is -0.0679. The maximum atomic E-state index is 6.02. The van der Waals surface area contributed by atoms with Crippen molar-refractivity contribution in [2.75, 3.05) is 26.2 Å². The zero-order valence-electron chi connectivity index (χ0n) is 10.7. The van der Waals surface area contributed by atoms with E-state index in [1.165, 1.54) is 19.3 Å². The van der Waals surface area contributed by atoms with Crippen LogP contribution in [0.3, 0.4) is 0 Å². The molecule has 16 heavy (non-hydrogen) atoms. The molecular formula is C13H26N2O. The summed E-state index contributed by atoms with van der Waals surface area (Å²) >= 11 is 0. The van der Waals surface area contributed by atoms with Crippen LogP contribution >= 0.6 is 0 Å². The molecule has 94 valence electrons. The lowest BCUT2D eigenvalue weighted by Crippen LogP contribution is -2.57. The second-order valence-electron chi connectivity index (χ2n) is 5.70. The van der Waals surface area contributed by atoms with E-state index in [-0.39, 0.29) is 5.54 Å². The Bertz CT molecular complexity index is 230. The minimum absolute atomic E-state index is 0.207. The molecule has 0 aromatic heterocycles. The molecule has 0 aromatic carbocycles. The van der Waals surface area contributed by atoms with Crippen LogP contribution in [0.1, 0.15) is 39.5 Å². The number of nitrogens with two attached hydrogens (primary N) is 1. The molecule has 2 rings (SSSR count). The molecule has 0 amide bonds. The molecule has 0 spiro atoms. The number of hydrogen-bond acceptors (Lipinski definition) is 3. The molecule has 2 fully saturated rings. The molecular weight excluding hydrogens is 200 g/mol. The maximum absolute atomic E-state index is 6.02. The van der Waals surface area contributed by atoms with Crippen LogP contribution in [-0.4, -0.2) is 42.8 Å². The molecule has 2 N–H and O–H groups in total. The normalized spacial score (nSPS) is 31.3. The Hall–Kier alpha value is -0.120. The molecule has 0 radical (unpaired) electrons. The molecule has 1 heterocycles. The van der Waals surface area contributed by atoms with Gasteiger partial charge in [-0.3, -0.25) is 4.90 Å². The first kappa shape index (κ1) is 12.3. The minimum atomic E-state index is 0.207. The Morgan fingerprint density at radius 3 is 2.75 bits per heavy atom. The SMILES string of the molecule is CCC1CN(C(C)(CN)CC2CC2)CCO1. The molecule has 1 aliphatic carbocycles. The summed E-state index contributed by atoms with van der Waals surface area (Å²) in [5.74, 6) is 0.941. The third-order valence-corrected chi connectivity index (χ3v) is 4.22. The van der Waals surface area contributed by atoms with Gasteiger partial charge in [-0.1, -0.05) is 19.8 Å². The van der Waals surface area contributed by atoms with Crippen LogP contribution in [0.5, 0.6) is 0 Å². The largest absolute Gasteiger partial charge is 0.376 e. The van der Waals surface area contributed by atoms with Crippen molar-refractivity contribution in [1.82, 2.24) is 4.90 Å². The summed E-state index contributed by atoms with van der Waals surface area (Å²) in [5, 5.41) is 0. The van der Waals surface area contributed by atoms with Crippen molar-refractivity contribution in [2.45, 2.75) is 51.2 Å². The van der Waals surface area contributed by atoms with E-state index in [2.05, 4.69) is 18.7 Å². The third kappa shape index (κ3) is 2.76. The van der Waals surface area contributed by atoms with Crippen molar-refractivity contribution in [3.63, 3.8) is 0 Å². The van der Waals surface area contributed by atoms with Crippen molar-refractivity contribution in [2.24, 2.45) is 11.7 Å². The smallest absolute Gasteiger partial charge is 0.0700 e. The van der Waals surface area contributed by atoms with Crippen molar-refractivity contribution >= 4 is 0 Å². The molecule has 0 bridgehead atoms. The predicted molar refractivity (Wildman–Crippen MR) is 66.4 cm³/mol. The summed E-state index contributed by atoms with van der Waals surface area (Å²) in [7, 11) is 0. The fourth-order valence-corrected chi connectivity index (χ4v) is 2.74. The van der Waals surface area contributed by atoms with Crippen molar-refractivity contribution in [1.29, 1.82) is 0 Å². The van der Waals surface area contributed by atoms with Crippen molar-refractivity contribution < 1.29 is 4.74 Å². The molecule has 1 saturated heterocycles. The van der Waals surface area contributed by atoms with Crippen LogP contribution in [0.2, 0.25) is 0 Å². The van der Waals surface area contributed by atoms with Gasteiger partial charge in [0, 0.05) is 25.2 Å². The van der Waals surface area contributed by atoms with Gasteiger partial charge < -0.3 is 10.5 Å². The van der Waals surface area contributed by atoms with E-state index in [1.807, 2.05) is 0 Å². The molecule has 1 saturated carbocycles. The fourth-order valence-electron chi connectivity index (χ4n) is 2.74. The van der Waals surface area contributed by atoms with E-state index in [4.69, 9.17) is 10.5 Å². The highest BCUT2D eigenvalue weighted by molar-refractivity contribution is 4.94. The lowest BCUT2D eigenvalue weighted by Gasteiger charge is -2.45. The average molecular weight is 226 g/mol. The summed E-state index contributed by atoms with van der Waals surface area (Å²) in [6, 6.07) is 0. The van der Waals surface area contributed by atoms with Gasteiger partial charge in [0.15, 0.2) is 0 Å². The molecule has 3 heteroatoms. The number of morpholine rings is 1. The van der Waals surface area contributed by atoms with Crippen LogP contribution in [0, 0.1) is 5.92 Å². The van der Waals surface area contributed by atoms with E-state index in [0.717, 1.165) is 38.6 Å².